The number of hydrogen-bond acceptors (Lipinski definition) is 3. The average molecular weight is 402 g/mol. The van der Waals surface area contributed by atoms with Gasteiger partial charge in [-0.15, -0.1) is 0 Å². The SMILES string of the molecule is C/C(=C\CNc1ccc(OC(C)(C)C(=O)O)cc1)c1ccc(-c2ccccc2)cc1. The standard InChI is InChI=1S/C26H27NO3/c1-19(20-9-11-22(12-10-20)21-7-5-4-6-8-21)17-18-27-23-13-15-24(16-14-23)30-26(2,3)25(28)29/h4-17,27H,18H2,1-3H3,(H,28,29)/b19-17+. The monoisotopic (exact) mass is 401 g/mol. The number of carboxylic acid groups (broad SMARTS) is 1. The summed E-state index contributed by atoms with van der Waals surface area (Å²) >= 11 is 0. The predicted molar refractivity (Wildman–Crippen MR) is 123 cm³/mol. The zero-order valence-corrected chi connectivity index (χ0v) is 17.6. The van der Waals surface area contributed by atoms with Gasteiger partial charge in [-0.25, -0.2) is 4.79 Å². The fourth-order valence-corrected chi connectivity index (χ4v) is 2.98. The van der Waals surface area contributed by atoms with Crippen molar-refractivity contribution < 1.29 is 14.6 Å². The van der Waals surface area contributed by atoms with Crippen LogP contribution in [0.5, 0.6) is 5.75 Å². The van der Waals surface area contributed by atoms with Gasteiger partial charge in [-0.2, -0.15) is 0 Å². The first-order valence-electron chi connectivity index (χ1n) is 9.94. The maximum atomic E-state index is 11.2. The molecule has 3 rings (SSSR count). The van der Waals surface area contributed by atoms with E-state index in [-0.39, 0.29) is 0 Å². The van der Waals surface area contributed by atoms with Gasteiger partial charge in [0.15, 0.2) is 5.60 Å². The Morgan fingerprint density at radius 2 is 1.53 bits per heavy atom. The molecule has 3 aromatic carbocycles. The van der Waals surface area contributed by atoms with Crippen LogP contribution < -0.4 is 10.1 Å². The Hall–Kier alpha value is -3.53. The molecule has 3 aromatic rings. The minimum absolute atomic E-state index is 0.526. The summed E-state index contributed by atoms with van der Waals surface area (Å²) < 4.78 is 5.52. The molecule has 30 heavy (non-hydrogen) atoms. The first kappa shape index (κ1) is 21.2. The summed E-state index contributed by atoms with van der Waals surface area (Å²) in [5.74, 6) is -0.472. The lowest BCUT2D eigenvalue weighted by Crippen LogP contribution is -2.37. The molecule has 0 saturated carbocycles. The average Bonchev–Trinajstić information content (AvgIpc) is 2.75. The maximum Gasteiger partial charge on any atom is 0.347 e. The molecule has 4 heteroatoms. The van der Waals surface area contributed by atoms with Gasteiger partial charge >= 0.3 is 5.97 Å². The molecule has 0 unspecified atom stereocenters. The Balaban J connectivity index is 1.56. The predicted octanol–water partition coefficient (Wildman–Crippen LogP) is 6.11. The lowest BCUT2D eigenvalue weighted by molar-refractivity contribution is -0.152. The Kier molecular flexibility index (Phi) is 6.58. The molecule has 154 valence electrons. The third-order valence-corrected chi connectivity index (χ3v) is 4.90. The molecule has 0 bridgehead atoms. The largest absolute Gasteiger partial charge is 0.478 e. The van der Waals surface area contributed by atoms with Gasteiger partial charge in [0.25, 0.3) is 0 Å². The smallest absolute Gasteiger partial charge is 0.347 e. The van der Waals surface area contributed by atoms with E-state index in [9.17, 15) is 4.79 Å². The van der Waals surface area contributed by atoms with Crippen molar-refractivity contribution in [3.63, 3.8) is 0 Å². The number of carboxylic acids is 1. The van der Waals surface area contributed by atoms with Gasteiger partial charge in [-0.1, -0.05) is 60.7 Å². The summed E-state index contributed by atoms with van der Waals surface area (Å²) in [5, 5.41) is 12.5. The van der Waals surface area contributed by atoms with Crippen molar-refractivity contribution in [1.29, 1.82) is 0 Å². The van der Waals surface area contributed by atoms with Gasteiger partial charge < -0.3 is 15.2 Å². The number of rotatable bonds is 8. The summed E-state index contributed by atoms with van der Waals surface area (Å²) in [6.07, 6.45) is 2.15. The van der Waals surface area contributed by atoms with Crippen LogP contribution in [-0.4, -0.2) is 23.2 Å². The van der Waals surface area contributed by atoms with E-state index in [1.807, 2.05) is 30.3 Å². The fraction of sp³-hybridized carbons (Fsp3) is 0.192. The van der Waals surface area contributed by atoms with Gasteiger partial charge in [0.1, 0.15) is 5.75 Å². The maximum absolute atomic E-state index is 11.2. The van der Waals surface area contributed by atoms with E-state index in [0.29, 0.717) is 12.3 Å². The Labute approximate surface area is 177 Å². The highest BCUT2D eigenvalue weighted by molar-refractivity contribution is 5.76. The summed E-state index contributed by atoms with van der Waals surface area (Å²) in [7, 11) is 0. The Bertz CT molecular complexity index is 1000. The summed E-state index contributed by atoms with van der Waals surface area (Å²) in [6, 6.07) is 26.2. The molecule has 0 fully saturated rings. The van der Waals surface area contributed by atoms with Gasteiger partial charge in [0.2, 0.25) is 0 Å². The first-order valence-corrected chi connectivity index (χ1v) is 9.94. The molecule has 0 heterocycles. The zero-order valence-electron chi connectivity index (χ0n) is 17.6. The highest BCUT2D eigenvalue weighted by Gasteiger charge is 2.29. The molecule has 0 aliphatic heterocycles. The van der Waals surface area contributed by atoms with Crippen LogP contribution in [0.1, 0.15) is 26.3 Å². The van der Waals surface area contributed by atoms with Gasteiger partial charge in [0.05, 0.1) is 0 Å². The Morgan fingerprint density at radius 1 is 0.933 bits per heavy atom. The van der Waals surface area contributed by atoms with Crippen LogP contribution in [0.15, 0.2) is 84.9 Å². The molecule has 0 aliphatic carbocycles. The van der Waals surface area contributed by atoms with Crippen LogP contribution in [0.2, 0.25) is 0 Å². The molecule has 0 aromatic heterocycles. The van der Waals surface area contributed by atoms with Crippen molar-refractivity contribution >= 4 is 17.2 Å². The number of benzene rings is 3. The Morgan fingerprint density at radius 3 is 2.13 bits per heavy atom. The third-order valence-electron chi connectivity index (χ3n) is 4.90. The second kappa shape index (κ2) is 9.31. The van der Waals surface area contributed by atoms with Gasteiger partial charge in [-0.3, -0.25) is 0 Å². The van der Waals surface area contributed by atoms with E-state index < -0.39 is 11.6 Å². The highest BCUT2D eigenvalue weighted by Crippen LogP contribution is 2.23. The van der Waals surface area contributed by atoms with Crippen LogP contribution in [-0.2, 0) is 4.79 Å². The molecular weight excluding hydrogens is 374 g/mol. The fourth-order valence-electron chi connectivity index (χ4n) is 2.98. The number of allylic oxidation sites excluding steroid dienone is 1. The molecule has 2 N–H and O–H groups in total. The number of nitrogens with one attached hydrogen (secondary N) is 1. The highest BCUT2D eigenvalue weighted by atomic mass is 16.5. The number of hydrogen-bond donors (Lipinski definition) is 2. The van der Waals surface area contributed by atoms with Crippen molar-refractivity contribution in [2.24, 2.45) is 0 Å². The van der Waals surface area contributed by atoms with Crippen molar-refractivity contribution in [3.8, 4) is 16.9 Å². The van der Waals surface area contributed by atoms with E-state index in [1.54, 1.807) is 12.1 Å². The van der Waals surface area contributed by atoms with Crippen LogP contribution in [0, 0.1) is 0 Å². The first-order chi connectivity index (χ1) is 14.3. The minimum atomic E-state index is -1.26. The summed E-state index contributed by atoms with van der Waals surface area (Å²) in [5.41, 5.74) is 4.50. The lowest BCUT2D eigenvalue weighted by atomic mass is 10.0. The molecule has 0 atom stereocenters. The van der Waals surface area contributed by atoms with Crippen molar-refractivity contribution in [2.45, 2.75) is 26.4 Å². The van der Waals surface area contributed by atoms with Crippen LogP contribution >= 0.6 is 0 Å². The van der Waals surface area contributed by atoms with E-state index in [1.165, 1.54) is 36.1 Å². The van der Waals surface area contributed by atoms with Gasteiger partial charge in [0, 0.05) is 12.2 Å². The van der Waals surface area contributed by atoms with Crippen LogP contribution in [0.25, 0.3) is 16.7 Å². The van der Waals surface area contributed by atoms with E-state index in [2.05, 4.69) is 54.7 Å². The summed E-state index contributed by atoms with van der Waals surface area (Å²) in [6.45, 7) is 5.85. The lowest BCUT2D eigenvalue weighted by Gasteiger charge is -2.21. The molecule has 4 nitrogen and oxygen atoms in total. The molecule has 0 amide bonds. The van der Waals surface area contributed by atoms with Crippen molar-refractivity contribution in [3.05, 3.63) is 90.5 Å². The van der Waals surface area contributed by atoms with Gasteiger partial charge in [-0.05, 0) is 67.3 Å². The van der Waals surface area contributed by atoms with E-state index in [4.69, 9.17) is 9.84 Å². The molecular formula is C26H27NO3. The second-order valence-corrected chi connectivity index (χ2v) is 7.65. The number of aliphatic carboxylic acids is 1. The quantitative estimate of drug-likeness (QED) is 0.478. The minimum Gasteiger partial charge on any atom is -0.478 e. The van der Waals surface area contributed by atoms with E-state index in [0.717, 1.165) is 5.69 Å². The molecule has 0 radical (unpaired) electrons. The normalized spacial score (nSPS) is 11.8. The number of anilines is 1. The second-order valence-electron chi connectivity index (χ2n) is 7.65. The van der Waals surface area contributed by atoms with E-state index >= 15 is 0 Å². The molecule has 0 aliphatic rings. The topological polar surface area (TPSA) is 58.6 Å². The zero-order chi connectivity index (χ0) is 21.6. The van der Waals surface area contributed by atoms with Crippen LogP contribution in [0.3, 0.4) is 0 Å². The summed E-state index contributed by atoms with van der Waals surface area (Å²) in [4.78, 5) is 11.2. The third kappa shape index (κ3) is 5.51. The number of ether oxygens (including phenoxy) is 1. The number of carbonyl (C=O) groups is 1. The molecule has 0 spiro atoms. The van der Waals surface area contributed by atoms with Crippen molar-refractivity contribution in [1.82, 2.24) is 0 Å². The van der Waals surface area contributed by atoms with Crippen molar-refractivity contribution in [2.75, 3.05) is 11.9 Å². The molecule has 0 saturated heterocycles. The van der Waals surface area contributed by atoms with Crippen LogP contribution in [0.4, 0.5) is 5.69 Å².